The molecule has 0 radical (unpaired) electrons. The quantitative estimate of drug-likeness (QED) is 0.375. The number of thioether (sulfide) groups is 1. The van der Waals surface area contributed by atoms with Crippen molar-refractivity contribution in [3.05, 3.63) is 65.4 Å². The van der Waals surface area contributed by atoms with Crippen molar-refractivity contribution >= 4 is 11.8 Å². The molecular weight excluding hydrogens is 404 g/mol. The first-order chi connectivity index (χ1) is 14.6. The Hall–Kier alpha value is -3.33. The van der Waals surface area contributed by atoms with Crippen LogP contribution in [0.2, 0.25) is 0 Å². The molecule has 0 atom stereocenters. The zero-order valence-corrected chi connectivity index (χ0v) is 17.6. The van der Waals surface area contributed by atoms with Gasteiger partial charge in [0, 0.05) is 5.56 Å². The Kier molecular flexibility index (Phi) is 5.99. The topological polar surface area (TPSA) is 96.3 Å². The zero-order valence-electron chi connectivity index (χ0n) is 16.8. The van der Waals surface area contributed by atoms with Crippen LogP contribution in [0.25, 0.3) is 11.5 Å². The van der Waals surface area contributed by atoms with Crippen molar-refractivity contribution in [2.24, 2.45) is 0 Å². The molecular formula is C21H20N4O4S. The van der Waals surface area contributed by atoms with E-state index >= 15 is 0 Å². The van der Waals surface area contributed by atoms with Crippen molar-refractivity contribution in [2.75, 3.05) is 7.11 Å². The second-order valence-electron chi connectivity index (χ2n) is 6.54. The molecule has 154 valence electrons. The van der Waals surface area contributed by atoms with Gasteiger partial charge in [0.15, 0.2) is 6.61 Å². The van der Waals surface area contributed by atoms with Gasteiger partial charge in [-0.25, -0.2) is 0 Å². The molecule has 0 fully saturated rings. The summed E-state index contributed by atoms with van der Waals surface area (Å²) in [5.41, 5.74) is 3.01. The van der Waals surface area contributed by atoms with Crippen molar-refractivity contribution in [3.8, 4) is 23.0 Å². The number of nitrogens with zero attached hydrogens (tertiary/aromatic N) is 4. The van der Waals surface area contributed by atoms with Crippen molar-refractivity contribution < 1.29 is 18.3 Å². The van der Waals surface area contributed by atoms with Gasteiger partial charge in [-0.15, -0.1) is 20.4 Å². The molecule has 2 heterocycles. The van der Waals surface area contributed by atoms with Crippen LogP contribution in [0.1, 0.15) is 22.9 Å². The van der Waals surface area contributed by atoms with Gasteiger partial charge >= 0.3 is 0 Å². The van der Waals surface area contributed by atoms with E-state index in [2.05, 4.69) is 20.4 Å². The molecule has 0 aliphatic heterocycles. The molecule has 0 bridgehead atoms. The van der Waals surface area contributed by atoms with E-state index in [4.69, 9.17) is 18.3 Å². The van der Waals surface area contributed by atoms with E-state index in [1.54, 1.807) is 7.11 Å². The predicted molar refractivity (Wildman–Crippen MR) is 110 cm³/mol. The van der Waals surface area contributed by atoms with Gasteiger partial charge in [0.2, 0.25) is 11.8 Å². The summed E-state index contributed by atoms with van der Waals surface area (Å²) >= 11 is 1.32. The predicted octanol–water partition coefficient (Wildman–Crippen LogP) is 4.62. The Morgan fingerprint density at radius 2 is 1.70 bits per heavy atom. The van der Waals surface area contributed by atoms with Crippen molar-refractivity contribution in [1.29, 1.82) is 0 Å². The maximum absolute atomic E-state index is 5.79. The minimum atomic E-state index is 0.208. The first kappa shape index (κ1) is 20.0. The van der Waals surface area contributed by atoms with Gasteiger partial charge in [0.25, 0.3) is 11.1 Å². The number of ether oxygens (including phenoxy) is 2. The molecule has 0 aliphatic carbocycles. The van der Waals surface area contributed by atoms with E-state index in [1.165, 1.54) is 11.8 Å². The Morgan fingerprint density at radius 1 is 0.900 bits per heavy atom. The Labute approximate surface area is 177 Å². The number of hydrogen-bond acceptors (Lipinski definition) is 9. The molecule has 4 rings (SSSR count). The summed E-state index contributed by atoms with van der Waals surface area (Å²) in [5.74, 6) is 3.31. The maximum Gasteiger partial charge on any atom is 0.277 e. The van der Waals surface area contributed by atoms with E-state index in [-0.39, 0.29) is 6.61 Å². The number of rotatable bonds is 8. The molecule has 0 saturated heterocycles. The number of aryl methyl sites for hydroxylation is 2. The summed E-state index contributed by atoms with van der Waals surface area (Å²) in [6.07, 6.45) is 0. The van der Waals surface area contributed by atoms with Crippen molar-refractivity contribution in [2.45, 2.75) is 31.4 Å². The summed E-state index contributed by atoms with van der Waals surface area (Å²) in [4.78, 5) is 0. The lowest BCUT2D eigenvalue weighted by Crippen LogP contribution is -1.97. The van der Waals surface area contributed by atoms with Gasteiger partial charge < -0.3 is 18.3 Å². The minimum Gasteiger partial charge on any atom is -0.497 e. The Balaban J connectivity index is 1.32. The van der Waals surface area contributed by atoms with E-state index in [1.807, 2.05) is 56.3 Å². The first-order valence-corrected chi connectivity index (χ1v) is 10.2. The average Bonchev–Trinajstić information content (AvgIpc) is 3.42. The van der Waals surface area contributed by atoms with Crippen LogP contribution in [-0.4, -0.2) is 27.5 Å². The van der Waals surface area contributed by atoms with Crippen LogP contribution in [0.3, 0.4) is 0 Å². The molecule has 0 spiro atoms. The fourth-order valence-electron chi connectivity index (χ4n) is 2.64. The van der Waals surface area contributed by atoms with Crippen LogP contribution in [0, 0.1) is 13.8 Å². The van der Waals surface area contributed by atoms with E-state index in [9.17, 15) is 0 Å². The SMILES string of the molecule is COc1ccc(-c2nnc(CSc3nnc(COc4cc(C)ccc4C)o3)o2)cc1. The molecule has 9 heteroatoms. The summed E-state index contributed by atoms with van der Waals surface area (Å²) in [7, 11) is 1.62. The summed E-state index contributed by atoms with van der Waals surface area (Å²) in [6, 6.07) is 13.5. The number of hydrogen-bond donors (Lipinski definition) is 0. The van der Waals surface area contributed by atoms with Crippen LogP contribution < -0.4 is 9.47 Å². The zero-order chi connectivity index (χ0) is 20.9. The monoisotopic (exact) mass is 424 g/mol. The van der Waals surface area contributed by atoms with E-state index in [0.717, 1.165) is 28.2 Å². The molecule has 2 aromatic heterocycles. The van der Waals surface area contributed by atoms with Gasteiger partial charge in [-0.05, 0) is 55.3 Å². The molecule has 2 aromatic carbocycles. The van der Waals surface area contributed by atoms with Gasteiger partial charge in [0.05, 0.1) is 12.9 Å². The fraction of sp³-hybridized carbons (Fsp3) is 0.238. The molecule has 0 aliphatic rings. The van der Waals surface area contributed by atoms with E-state index in [0.29, 0.717) is 28.6 Å². The van der Waals surface area contributed by atoms with Crippen LogP contribution >= 0.6 is 11.8 Å². The standard InChI is InChI=1S/C21H20N4O4S/c1-13-4-5-14(2)17(10-13)27-11-18-22-25-21(29-18)30-12-19-23-24-20(28-19)15-6-8-16(26-3)9-7-15/h4-10H,11-12H2,1-3H3. The normalized spacial score (nSPS) is 10.9. The molecule has 0 unspecified atom stereocenters. The lowest BCUT2D eigenvalue weighted by atomic mass is 10.1. The molecule has 0 N–H and O–H groups in total. The molecule has 0 amide bonds. The van der Waals surface area contributed by atoms with Gasteiger partial charge in [-0.1, -0.05) is 23.9 Å². The summed E-state index contributed by atoms with van der Waals surface area (Å²) < 4.78 is 22.3. The smallest absolute Gasteiger partial charge is 0.277 e. The highest BCUT2D eigenvalue weighted by atomic mass is 32.2. The second kappa shape index (κ2) is 9.00. The second-order valence-corrected chi connectivity index (χ2v) is 7.46. The Bertz CT molecular complexity index is 1120. The number of aromatic nitrogens is 4. The van der Waals surface area contributed by atoms with E-state index < -0.39 is 0 Å². The summed E-state index contributed by atoms with van der Waals surface area (Å²) in [5, 5.41) is 16.6. The van der Waals surface area contributed by atoms with Gasteiger partial charge in [0.1, 0.15) is 11.5 Å². The van der Waals surface area contributed by atoms with Crippen LogP contribution in [0.15, 0.2) is 56.5 Å². The highest BCUT2D eigenvalue weighted by Crippen LogP contribution is 2.26. The minimum absolute atomic E-state index is 0.208. The average molecular weight is 424 g/mol. The molecule has 4 aromatic rings. The first-order valence-electron chi connectivity index (χ1n) is 9.23. The third-order valence-corrected chi connectivity index (χ3v) is 5.07. The van der Waals surface area contributed by atoms with Crippen LogP contribution in [-0.2, 0) is 12.4 Å². The lowest BCUT2D eigenvalue weighted by molar-refractivity contribution is 0.250. The van der Waals surface area contributed by atoms with Crippen LogP contribution in [0.5, 0.6) is 11.5 Å². The largest absolute Gasteiger partial charge is 0.497 e. The fourth-order valence-corrected chi connectivity index (χ4v) is 3.26. The third kappa shape index (κ3) is 4.80. The highest BCUT2D eigenvalue weighted by molar-refractivity contribution is 7.98. The van der Waals surface area contributed by atoms with Gasteiger partial charge in [-0.2, -0.15) is 0 Å². The number of benzene rings is 2. The maximum atomic E-state index is 5.79. The Morgan fingerprint density at radius 3 is 2.50 bits per heavy atom. The molecule has 8 nitrogen and oxygen atoms in total. The molecule has 30 heavy (non-hydrogen) atoms. The molecule has 0 saturated carbocycles. The van der Waals surface area contributed by atoms with Gasteiger partial charge in [-0.3, -0.25) is 0 Å². The summed E-state index contributed by atoms with van der Waals surface area (Å²) in [6.45, 7) is 4.22. The van der Waals surface area contributed by atoms with Crippen LogP contribution in [0.4, 0.5) is 0 Å². The van der Waals surface area contributed by atoms with Crippen molar-refractivity contribution in [1.82, 2.24) is 20.4 Å². The third-order valence-electron chi connectivity index (χ3n) is 4.27. The highest BCUT2D eigenvalue weighted by Gasteiger charge is 2.13. The number of methoxy groups -OCH3 is 1. The van der Waals surface area contributed by atoms with Crippen molar-refractivity contribution in [3.63, 3.8) is 0 Å². The lowest BCUT2D eigenvalue weighted by Gasteiger charge is -2.07.